The van der Waals surface area contributed by atoms with Crippen molar-refractivity contribution >= 4 is 18.3 Å². The highest BCUT2D eigenvalue weighted by atomic mass is 35.5. The van der Waals surface area contributed by atoms with Gasteiger partial charge in [-0.2, -0.15) is 0 Å². The van der Waals surface area contributed by atoms with Gasteiger partial charge in [-0.3, -0.25) is 4.79 Å². The molecule has 3 N–H and O–H groups in total. The van der Waals surface area contributed by atoms with Crippen LogP contribution in [-0.4, -0.2) is 18.0 Å². The van der Waals surface area contributed by atoms with E-state index in [1.165, 1.54) is 38.5 Å². The third kappa shape index (κ3) is 4.96. The van der Waals surface area contributed by atoms with Gasteiger partial charge in [0.2, 0.25) is 5.91 Å². The number of nitrogens with two attached hydrogens (primary N) is 1. The molecule has 0 aliphatic heterocycles. The first-order valence-electron chi connectivity index (χ1n) is 7.78. The van der Waals surface area contributed by atoms with Crippen molar-refractivity contribution < 1.29 is 4.79 Å². The first kappa shape index (κ1) is 16.8. The quantitative estimate of drug-likeness (QED) is 0.738. The number of unbranched alkanes of at least 4 members (excludes halogenated alkanes) is 1. The van der Waals surface area contributed by atoms with Gasteiger partial charge in [0, 0.05) is 6.54 Å². The molecule has 3 nitrogen and oxygen atoms in total. The normalized spacial score (nSPS) is 22.2. The largest absolute Gasteiger partial charge is 0.355 e. The fraction of sp³-hybridized carbons (Fsp3) is 0.933. The van der Waals surface area contributed by atoms with E-state index in [0.717, 1.165) is 44.6 Å². The summed E-state index contributed by atoms with van der Waals surface area (Å²) >= 11 is 0. The molecule has 2 rings (SSSR count). The van der Waals surface area contributed by atoms with Gasteiger partial charge in [0.25, 0.3) is 0 Å². The summed E-state index contributed by atoms with van der Waals surface area (Å²) in [5.74, 6) is 1.05. The van der Waals surface area contributed by atoms with E-state index in [1.807, 2.05) is 0 Å². The summed E-state index contributed by atoms with van der Waals surface area (Å²) in [7, 11) is 0. The lowest BCUT2D eigenvalue weighted by Crippen LogP contribution is -2.52. The van der Waals surface area contributed by atoms with Crippen LogP contribution in [0.2, 0.25) is 0 Å². The second-order valence-electron chi connectivity index (χ2n) is 6.27. The minimum atomic E-state index is -0.550. The van der Waals surface area contributed by atoms with E-state index in [4.69, 9.17) is 5.73 Å². The SMILES string of the molecule is Cl.NC1(C(=O)NCCCCC2CCCC2)CCCC1. The van der Waals surface area contributed by atoms with Crippen LogP contribution in [-0.2, 0) is 4.79 Å². The van der Waals surface area contributed by atoms with Crippen molar-refractivity contribution in [3.05, 3.63) is 0 Å². The molecule has 2 aliphatic rings. The second-order valence-corrected chi connectivity index (χ2v) is 6.27. The third-order valence-electron chi connectivity index (χ3n) is 4.75. The van der Waals surface area contributed by atoms with E-state index in [1.54, 1.807) is 0 Å². The molecule has 19 heavy (non-hydrogen) atoms. The van der Waals surface area contributed by atoms with Gasteiger partial charge in [-0.1, -0.05) is 51.4 Å². The monoisotopic (exact) mass is 288 g/mol. The van der Waals surface area contributed by atoms with Crippen molar-refractivity contribution in [3.63, 3.8) is 0 Å². The van der Waals surface area contributed by atoms with Crippen LogP contribution >= 0.6 is 12.4 Å². The molecule has 1 amide bonds. The Morgan fingerprint density at radius 3 is 2.37 bits per heavy atom. The summed E-state index contributed by atoms with van der Waals surface area (Å²) in [6.07, 6.45) is 13.4. The molecule has 0 atom stereocenters. The van der Waals surface area contributed by atoms with Gasteiger partial charge in [0.15, 0.2) is 0 Å². The number of hydrogen-bond acceptors (Lipinski definition) is 2. The molecule has 0 spiro atoms. The van der Waals surface area contributed by atoms with Gasteiger partial charge in [-0.05, 0) is 25.2 Å². The van der Waals surface area contributed by atoms with Crippen LogP contribution in [0, 0.1) is 5.92 Å². The fourth-order valence-electron chi connectivity index (χ4n) is 3.47. The van der Waals surface area contributed by atoms with Gasteiger partial charge < -0.3 is 11.1 Å². The lowest BCUT2D eigenvalue weighted by molar-refractivity contribution is -0.126. The maximum Gasteiger partial charge on any atom is 0.240 e. The Morgan fingerprint density at radius 2 is 1.74 bits per heavy atom. The molecule has 0 saturated heterocycles. The summed E-state index contributed by atoms with van der Waals surface area (Å²) < 4.78 is 0. The van der Waals surface area contributed by atoms with Crippen LogP contribution < -0.4 is 11.1 Å². The average Bonchev–Trinajstić information content (AvgIpc) is 3.00. The van der Waals surface area contributed by atoms with Crippen LogP contribution in [0.15, 0.2) is 0 Å². The van der Waals surface area contributed by atoms with Crippen molar-refractivity contribution in [2.45, 2.75) is 76.2 Å². The van der Waals surface area contributed by atoms with Gasteiger partial charge in [-0.15, -0.1) is 12.4 Å². The minimum Gasteiger partial charge on any atom is -0.355 e. The minimum absolute atomic E-state index is 0. The molecule has 0 heterocycles. The Morgan fingerprint density at radius 1 is 1.11 bits per heavy atom. The summed E-state index contributed by atoms with van der Waals surface area (Å²) in [6, 6.07) is 0. The van der Waals surface area contributed by atoms with E-state index < -0.39 is 5.54 Å². The number of carbonyl (C=O) groups excluding carboxylic acids is 1. The van der Waals surface area contributed by atoms with Crippen LogP contribution in [0.1, 0.15) is 70.6 Å². The smallest absolute Gasteiger partial charge is 0.240 e. The molecule has 2 fully saturated rings. The van der Waals surface area contributed by atoms with Crippen LogP contribution in [0.25, 0.3) is 0 Å². The van der Waals surface area contributed by atoms with E-state index in [9.17, 15) is 4.79 Å². The standard InChI is InChI=1S/C15H28N2O.ClH/c16-15(10-4-5-11-15)14(18)17-12-6-3-9-13-7-1-2-8-13;/h13H,1-12,16H2,(H,17,18);1H. The second kappa shape index (κ2) is 8.11. The van der Waals surface area contributed by atoms with E-state index in [-0.39, 0.29) is 18.3 Å². The fourth-order valence-corrected chi connectivity index (χ4v) is 3.47. The highest BCUT2D eigenvalue weighted by Crippen LogP contribution is 2.29. The molecule has 112 valence electrons. The van der Waals surface area contributed by atoms with Crippen molar-refractivity contribution in [1.29, 1.82) is 0 Å². The Balaban J connectivity index is 0.00000180. The zero-order valence-electron chi connectivity index (χ0n) is 12.0. The van der Waals surface area contributed by atoms with Crippen molar-refractivity contribution in [2.75, 3.05) is 6.54 Å². The van der Waals surface area contributed by atoms with Gasteiger partial charge in [0.05, 0.1) is 5.54 Å². The zero-order chi connectivity index (χ0) is 12.8. The first-order chi connectivity index (χ1) is 8.71. The predicted molar refractivity (Wildman–Crippen MR) is 81.5 cm³/mol. The van der Waals surface area contributed by atoms with E-state index in [0.29, 0.717) is 0 Å². The van der Waals surface area contributed by atoms with Gasteiger partial charge in [-0.25, -0.2) is 0 Å². The molecule has 4 heteroatoms. The van der Waals surface area contributed by atoms with Crippen LogP contribution in [0.5, 0.6) is 0 Å². The Bertz CT molecular complexity index is 271. The van der Waals surface area contributed by atoms with Gasteiger partial charge >= 0.3 is 0 Å². The molecule has 0 aromatic carbocycles. The molecule has 0 bridgehead atoms. The van der Waals surface area contributed by atoms with Gasteiger partial charge in [0.1, 0.15) is 0 Å². The summed E-state index contributed by atoms with van der Waals surface area (Å²) in [5, 5.41) is 3.03. The molecule has 2 saturated carbocycles. The molecular formula is C15H29ClN2O. The van der Waals surface area contributed by atoms with Crippen LogP contribution in [0.3, 0.4) is 0 Å². The summed E-state index contributed by atoms with van der Waals surface area (Å²) in [5.41, 5.74) is 5.55. The van der Waals surface area contributed by atoms with Crippen molar-refractivity contribution in [1.82, 2.24) is 5.32 Å². The number of nitrogens with one attached hydrogen (secondary N) is 1. The zero-order valence-corrected chi connectivity index (χ0v) is 12.8. The molecule has 2 aliphatic carbocycles. The molecule has 0 aromatic heterocycles. The van der Waals surface area contributed by atoms with E-state index in [2.05, 4.69) is 5.32 Å². The lowest BCUT2D eigenvalue weighted by Gasteiger charge is -2.22. The maximum atomic E-state index is 12.0. The molecule has 0 unspecified atom stereocenters. The third-order valence-corrected chi connectivity index (χ3v) is 4.75. The Hall–Kier alpha value is -0.280. The molecular weight excluding hydrogens is 260 g/mol. The number of rotatable bonds is 6. The summed E-state index contributed by atoms with van der Waals surface area (Å²) in [4.78, 5) is 12.0. The first-order valence-corrected chi connectivity index (χ1v) is 7.78. The van der Waals surface area contributed by atoms with Crippen molar-refractivity contribution in [3.8, 4) is 0 Å². The summed E-state index contributed by atoms with van der Waals surface area (Å²) in [6.45, 7) is 0.810. The van der Waals surface area contributed by atoms with Crippen molar-refractivity contribution in [2.24, 2.45) is 11.7 Å². The number of hydrogen-bond donors (Lipinski definition) is 2. The topological polar surface area (TPSA) is 55.1 Å². The highest BCUT2D eigenvalue weighted by molar-refractivity contribution is 5.86. The number of carbonyl (C=O) groups is 1. The predicted octanol–water partition coefficient (Wildman–Crippen LogP) is 3.16. The Labute approximate surface area is 123 Å². The average molecular weight is 289 g/mol. The van der Waals surface area contributed by atoms with E-state index >= 15 is 0 Å². The Kier molecular flexibility index (Phi) is 7.16. The molecule has 0 aromatic rings. The highest BCUT2D eigenvalue weighted by Gasteiger charge is 2.36. The maximum absolute atomic E-state index is 12.0. The molecule has 0 radical (unpaired) electrons. The van der Waals surface area contributed by atoms with Crippen LogP contribution in [0.4, 0.5) is 0 Å². The lowest BCUT2D eigenvalue weighted by atomic mass is 9.98. The number of halogens is 1. The number of amides is 1.